The number of aliphatic hydroxyl groups is 2. The molecule has 0 spiro atoms. The lowest BCUT2D eigenvalue weighted by Crippen LogP contribution is -2.51. The number of nitrogens with one attached hydrogen (secondary N) is 1. The number of ether oxygens (including phenoxy) is 2. The van der Waals surface area contributed by atoms with Crippen LogP contribution in [0.25, 0.3) is 0 Å². The Labute approximate surface area is 163 Å². The molecule has 28 heavy (non-hydrogen) atoms. The van der Waals surface area contributed by atoms with Crippen molar-refractivity contribution in [1.82, 2.24) is 4.90 Å². The van der Waals surface area contributed by atoms with Crippen molar-refractivity contribution in [2.75, 3.05) is 11.9 Å². The molecule has 2 unspecified atom stereocenters. The van der Waals surface area contributed by atoms with Crippen LogP contribution < -0.4 is 5.32 Å². The Kier molecular flexibility index (Phi) is 5.40. The van der Waals surface area contributed by atoms with Crippen molar-refractivity contribution < 1.29 is 19.7 Å². The summed E-state index contributed by atoms with van der Waals surface area (Å²) in [6.07, 6.45) is -0.820. The number of aliphatic hydroxyl groups excluding tert-OH is 2. The average molecular weight is 387 g/mol. The predicted molar refractivity (Wildman–Crippen MR) is 106 cm³/mol. The Hall–Kier alpha value is -2.33. The third-order valence-corrected chi connectivity index (χ3v) is 4.92. The lowest BCUT2D eigenvalue weighted by Gasteiger charge is -2.32. The molecule has 150 valence electrons. The van der Waals surface area contributed by atoms with Gasteiger partial charge in [-0.3, -0.25) is 4.99 Å². The van der Waals surface area contributed by atoms with E-state index in [4.69, 9.17) is 9.47 Å². The normalized spacial score (nSPS) is 34.0. The predicted octanol–water partition coefficient (Wildman–Crippen LogP) is 0.449. The third kappa shape index (κ3) is 3.66. The molecule has 1 saturated heterocycles. The number of fused-ring (bicyclic) bond motifs is 1. The summed E-state index contributed by atoms with van der Waals surface area (Å²) in [5.41, 5.74) is 0.905. The summed E-state index contributed by atoms with van der Waals surface area (Å²) in [5, 5.41) is 24.1. The molecule has 1 aromatic rings. The largest absolute Gasteiger partial charge is 0.387 e. The Morgan fingerprint density at radius 3 is 2.71 bits per heavy atom. The second kappa shape index (κ2) is 7.96. The number of nitrogens with zero attached hydrogens (tertiary/aromatic N) is 4. The van der Waals surface area contributed by atoms with Crippen molar-refractivity contribution in [1.29, 1.82) is 0 Å². The average Bonchev–Trinajstić information content (AvgIpc) is 3.24. The fraction of sp³-hybridized carbons (Fsp3) is 0.526. The van der Waals surface area contributed by atoms with Crippen LogP contribution in [0.1, 0.15) is 13.8 Å². The summed E-state index contributed by atoms with van der Waals surface area (Å²) in [6, 6.07) is 9.36. The number of rotatable bonds is 5. The van der Waals surface area contributed by atoms with Gasteiger partial charge < -0.3 is 29.9 Å². The van der Waals surface area contributed by atoms with E-state index in [0.29, 0.717) is 5.84 Å². The van der Waals surface area contributed by atoms with E-state index in [1.54, 1.807) is 11.2 Å². The van der Waals surface area contributed by atoms with Crippen molar-refractivity contribution in [3.05, 3.63) is 30.3 Å². The smallest absolute Gasteiger partial charge is 0.162 e. The maximum absolute atomic E-state index is 10.5. The van der Waals surface area contributed by atoms with Crippen LogP contribution in [0.2, 0.25) is 0 Å². The molecule has 9 nitrogen and oxygen atoms in total. The molecule has 0 radical (unpaired) electrons. The van der Waals surface area contributed by atoms with Gasteiger partial charge in [-0.25, -0.2) is 9.98 Å². The summed E-state index contributed by atoms with van der Waals surface area (Å²) in [6.45, 7) is 4.02. The van der Waals surface area contributed by atoms with E-state index in [-0.39, 0.29) is 18.8 Å². The van der Waals surface area contributed by atoms with E-state index in [1.165, 1.54) is 6.34 Å². The molecular formula is C19H25N5O4. The zero-order valence-corrected chi connectivity index (χ0v) is 15.8. The maximum atomic E-state index is 10.5. The highest BCUT2D eigenvalue weighted by Crippen LogP contribution is 2.30. The van der Waals surface area contributed by atoms with Crippen LogP contribution >= 0.6 is 0 Å². The molecular weight excluding hydrogens is 362 g/mol. The minimum Gasteiger partial charge on any atom is -0.387 e. The van der Waals surface area contributed by atoms with Crippen molar-refractivity contribution in [3.63, 3.8) is 0 Å². The quantitative estimate of drug-likeness (QED) is 0.676. The fourth-order valence-corrected chi connectivity index (χ4v) is 3.46. The second-order valence-electron chi connectivity index (χ2n) is 7.27. The zero-order valence-electron chi connectivity index (χ0n) is 15.8. The molecule has 3 aliphatic heterocycles. The Morgan fingerprint density at radius 2 is 1.96 bits per heavy atom. The van der Waals surface area contributed by atoms with Crippen LogP contribution in [-0.2, 0) is 9.47 Å². The summed E-state index contributed by atoms with van der Waals surface area (Å²) in [5.74, 6) is 0.665. The van der Waals surface area contributed by atoms with E-state index in [2.05, 4.69) is 20.3 Å². The Balaban J connectivity index is 1.45. The second-order valence-corrected chi connectivity index (χ2v) is 7.27. The van der Waals surface area contributed by atoms with Gasteiger partial charge in [0.25, 0.3) is 0 Å². The summed E-state index contributed by atoms with van der Waals surface area (Å²) in [4.78, 5) is 15.0. The SMILES string of the molecule is CC(C)OC[C@H]1O[C@@H](N2C=NC3C(Nc4ccccc4)=NC=NC32)[C@H](O)[C@@H]1O. The van der Waals surface area contributed by atoms with Crippen molar-refractivity contribution in [2.45, 2.75) is 56.7 Å². The Bertz CT molecular complexity index is 769. The number of hydrogen-bond donors (Lipinski definition) is 3. The molecule has 0 saturated carbocycles. The molecule has 6 atom stereocenters. The van der Waals surface area contributed by atoms with Gasteiger partial charge in [0.05, 0.1) is 19.0 Å². The van der Waals surface area contributed by atoms with Crippen LogP contribution in [-0.4, -0.2) is 83.1 Å². The molecule has 1 aromatic carbocycles. The van der Waals surface area contributed by atoms with Gasteiger partial charge in [0, 0.05) is 5.69 Å². The number of benzene rings is 1. The topological polar surface area (TPSA) is 111 Å². The molecule has 4 rings (SSSR count). The molecule has 9 heteroatoms. The molecule has 0 aromatic heterocycles. The Morgan fingerprint density at radius 1 is 1.18 bits per heavy atom. The van der Waals surface area contributed by atoms with E-state index in [9.17, 15) is 10.2 Å². The molecule has 1 fully saturated rings. The van der Waals surface area contributed by atoms with Crippen LogP contribution in [0, 0.1) is 0 Å². The number of hydrogen-bond acceptors (Lipinski definition) is 9. The zero-order chi connectivity index (χ0) is 19.7. The maximum Gasteiger partial charge on any atom is 0.162 e. The van der Waals surface area contributed by atoms with Gasteiger partial charge in [-0.1, -0.05) is 18.2 Å². The highest BCUT2D eigenvalue weighted by Gasteiger charge is 2.50. The molecule has 3 aliphatic rings. The van der Waals surface area contributed by atoms with Crippen LogP contribution in [0.4, 0.5) is 5.69 Å². The first-order chi connectivity index (χ1) is 13.5. The summed E-state index contributed by atoms with van der Waals surface area (Å²) in [7, 11) is 0. The molecule has 3 N–H and O–H groups in total. The standard InChI is InChI=1S/C19H25N5O4/c1-11(2)27-8-13-15(25)16(26)19(28-13)24-10-22-14-17(20-9-21-18(14)24)23-12-6-4-3-5-7-12/h3-7,9-11,13-16,18-19,25-26H,8H2,1-2H3,(H,20,21,23)/t13-,14?,15-,16-,18?,19-/m1/s1. The fourth-order valence-electron chi connectivity index (χ4n) is 3.46. The van der Waals surface area contributed by atoms with Crippen molar-refractivity contribution in [3.8, 4) is 0 Å². The number of aliphatic imine (C=N–C) groups is 3. The van der Waals surface area contributed by atoms with Crippen LogP contribution in [0.5, 0.6) is 0 Å². The molecule has 3 heterocycles. The lowest BCUT2D eigenvalue weighted by atomic mass is 10.1. The van der Waals surface area contributed by atoms with E-state index in [1.807, 2.05) is 44.2 Å². The van der Waals surface area contributed by atoms with Gasteiger partial charge in [-0.15, -0.1) is 0 Å². The number of para-hydroxylation sites is 1. The van der Waals surface area contributed by atoms with Gasteiger partial charge in [-0.05, 0) is 26.0 Å². The van der Waals surface area contributed by atoms with Gasteiger partial charge in [-0.2, -0.15) is 0 Å². The highest BCUT2D eigenvalue weighted by molar-refractivity contribution is 6.05. The summed E-state index contributed by atoms with van der Waals surface area (Å²) >= 11 is 0. The van der Waals surface area contributed by atoms with Gasteiger partial charge in [0.15, 0.2) is 12.4 Å². The van der Waals surface area contributed by atoms with E-state index < -0.39 is 30.7 Å². The third-order valence-electron chi connectivity index (χ3n) is 4.92. The number of anilines is 1. The van der Waals surface area contributed by atoms with Gasteiger partial charge in [0.1, 0.15) is 36.5 Å². The van der Waals surface area contributed by atoms with Crippen molar-refractivity contribution in [2.24, 2.45) is 15.0 Å². The lowest BCUT2D eigenvalue weighted by molar-refractivity contribution is -0.0929. The molecule has 0 bridgehead atoms. The molecule has 0 amide bonds. The van der Waals surface area contributed by atoms with Crippen LogP contribution in [0.3, 0.4) is 0 Å². The first kappa shape index (κ1) is 19.0. The van der Waals surface area contributed by atoms with Gasteiger partial charge in [0.2, 0.25) is 0 Å². The first-order valence-electron chi connectivity index (χ1n) is 9.40. The van der Waals surface area contributed by atoms with E-state index >= 15 is 0 Å². The monoisotopic (exact) mass is 387 g/mol. The highest BCUT2D eigenvalue weighted by atomic mass is 16.6. The first-order valence-corrected chi connectivity index (χ1v) is 9.40. The van der Waals surface area contributed by atoms with Gasteiger partial charge >= 0.3 is 0 Å². The minimum atomic E-state index is -1.09. The van der Waals surface area contributed by atoms with Crippen LogP contribution in [0.15, 0.2) is 45.3 Å². The molecule has 0 aliphatic carbocycles. The van der Waals surface area contributed by atoms with E-state index in [0.717, 1.165) is 5.69 Å². The van der Waals surface area contributed by atoms with Crippen molar-refractivity contribution >= 4 is 24.2 Å². The minimum absolute atomic E-state index is 0.00972. The number of amidine groups is 1. The summed E-state index contributed by atoms with van der Waals surface area (Å²) < 4.78 is 11.4.